The number of nitro groups is 1. The lowest BCUT2D eigenvalue weighted by Crippen LogP contribution is -2.21. The van der Waals surface area contributed by atoms with E-state index in [4.69, 9.17) is 16.7 Å². The number of aliphatic hydroxyl groups is 1. The molecule has 1 rings (SSSR count). The molecule has 0 aliphatic carbocycles. The van der Waals surface area contributed by atoms with Crippen LogP contribution in [-0.4, -0.2) is 32.6 Å². The summed E-state index contributed by atoms with van der Waals surface area (Å²) in [7, 11) is 0. The molecule has 0 radical (unpaired) electrons. The lowest BCUT2D eigenvalue weighted by Gasteiger charge is -2.10. The molecule has 7 nitrogen and oxygen atoms in total. The Bertz CT molecular complexity index is 373. The maximum atomic E-state index is 10.6. The van der Waals surface area contributed by atoms with Gasteiger partial charge in [0, 0.05) is 6.04 Å². The zero-order chi connectivity index (χ0) is 11.4. The molecule has 0 unspecified atom stereocenters. The van der Waals surface area contributed by atoms with E-state index in [0.717, 1.165) is 6.20 Å². The van der Waals surface area contributed by atoms with Crippen LogP contribution >= 0.6 is 11.6 Å². The fourth-order valence-corrected chi connectivity index (χ4v) is 1.01. The highest BCUT2D eigenvalue weighted by Crippen LogP contribution is 2.22. The highest BCUT2D eigenvalue weighted by molar-refractivity contribution is 6.28. The van der Waals surface area contributed by atoms with Crippen molar-refractivity contribution in [3.8, 4) is 0 Å². The van der Waals surface area contributed by atoms with Gasteiger partial charge >= 0.3 is 5.69 Å². The standard InChI is InChI=1S/C7H9ClN4O3/c1-4(3-13)10-6-5(12(14)15)2-9-7(8)11-6/h2,4,13H,3H2,1H3,(H,9,10,11)/t4-/m1/s1. The summed E-state index contributed by atoms with van der Waals surface area (Å²) >= 11 is 5.50. The Balaban J connectivity index is 3.02. The topological polar surface area (TPSA) is 101 Å². The number of nitrogens with one attached hydrogen (secondary N) is 1. The first-order chi connectivity index (χ1) is 7.04. The number of hydrogen-bond acceptors (Lipinski definition) is 6. The number of anilines is 1. The average Bonchev–Trinajstić information content (AvgIpc) is 2.17. The van der Waals surface area contributed by atoms with Gasteiger partial charge in [0.25, 0.3) is 0 Å². The number of nitrogens with zero attached hydrogens (tertiary/aromatic N) is 3. The molecule has 0 fully saturated rings. The van der Waals surface area contributed by atoms with Gasteiger partial charge in [0.1, 0.15) is 6.20 Å². The molecule has 1 atom stereocenters. The van der Waals surface area contributed by atoms with E-state index < -0.39 is 4.92 Å². The van der Waals surface area contributed by atoms with Crippen LogP contribution in [0, 0.1) is 10.1 Å². The monoisotopic (exact) mass is 232 g/mol. The smallest absolute Gasteiger partial charge is 0.329 e. The van der Waals surface area contributed by atoms with Crippen LogP contribution in [0.3, 0.4) is 0 Å². The Labute approximate surface area is 90.3 Å². The predicted octanol–water partition coefficient (Wildman–Crippen LogP) is 0.831. The van der Waals surface area contributed by atoms with Crippen molar-refractivity contribution in [2.45, 2.75) is 13.0 Å². The largest absolute Gasteiger partial charge is 0.394 e. The van der Waals surface area contributed by atoms with Crippen LogP contribution in [0.5, 0.6) is 0 Å². The number of halogens is 1. The number of aliphatic hydroxyl groups excluding tert-OH is 1. The molecular weight excluding hydrogens is 224 g/mol. The van der Waals surface area contributed by atoms with Gasteiger partial charge in [0.05, 0.1) is 11.5 Å². The second kappa shape index (κ2) is 4.85. The summed E-state index contributed by atoms with van der Waals surface area (Å²) in [6.45, 7) is 1.48. The van der Waals surface area contributed by atoms with Crippen molar-refractivity contribution < 1.29 is 10.0 Å². The Morgan fingerprint density at radius 1 is 1.80 bits per heavy atom. The van der Waals surface area contributed by atoms with E-state index in [9.17, 15) is 10.1 Å². The minimum Gasteiger partial charge on any atom is -0.394 e. The Kier molecular flexibility index (Phi) is 3.75. The average molecular weight is 233 g/mol. The van der Waals surface area contributed by atoms with Gasteiger partial charge in [-0.2, -0.15) is 4.98 Å². The zero-order valence-electron chi connectivity index (χ0n) is 7.85. The van der Waals surface area contributed by atoms with Gasteiger partial charge in [-0.25, -0.2) is 4.98 Å². The van der Waals surface area contributed by atoms with Crippen LogP contribution in [-0.2, 0) is 0 Å². The predicted molar refractivity (Wildman–Crippen MR) is 53.9 cm³/mol. The molecule has 82 valence electrons. The Morgan fingerprint density at radius 3 is 3.00 bits per heavy atom. The molecule has 15 heavy (non-hydrogen) atoms. The normalized spacial score (nSPS) is 12.2. The quantitative estimate of drug-likeness (QED) is 0.453. The maximum absolute atomic E-state index is 10.6. The highest BCUT2D eigenvalue weighted by atomic mass is 35.5. The summed E-state index contributed by atoms with van der Waals surface area (Å²) in [4.78, 5) is 17.1. The minimum atomic E-state index is -0.622. The third-order valence-corrected chi connectivity index (χ3v) is 1.78. The van der Waals surface area contributed by atoms with Gasteiger partial charge in [0.15, 0.2) is 0 Å². The molecule has 1 aromatic rings. The van der Waals surface area contributed by atoms with Crippen molar-refractivity contribution >= 4 is 23.1 Å². The fourth-order valence-electron chi connectivity index (χ4n) is 0.873. The molecule has 0 amide bonds. The fraction of sp³-hybridized carbons (Fsp3) is 0.429. The van der Waals surface area contributed by atoms with Crippen LogP contribution in [0.2, 0.25) is 5.28 Å². The van der Waals surface area contributed by atoms with E-state index in [1.54, 1.807) is 6.92 Å². The van der Waals surface area contributed by atoms with Crippen LogP contribution < -0.4 is 5.32 Å². The molecule has 2 N–H and O–H groups in total. The van der Waals surface area contributed by atoms with Gasteiger partial charge in [0.2, 0.25) is 11.1 Å². The summed E-state index contributed by atoms with van der Waals surface area (Å²) in [5, 5.41) is 21.9. The molecule has 1 heterocycles. The molecule has 0 saturated carbocycles. The van der Waals surface area contributed by atoms with Gasteiger partial charge in [-0.1, -0.05) is 0 Å². The molecule has 0 bridgehead atoms. The SMILES string of the molecule is C[C@H](CO)Nc1nc(Cl)ncc1[N+](=O)[O-]. The summed E-state index contributed by atoms with van der Waals surface area (Å²) in [6.07, 6.45) is 1.02. The minimum absolute atomic E-state index is 0.00144. The zero-order valence-corrected chi connectivity index (χ0v) is 8.60. The van der Waals surface area contributed by atoms with E-state index in [2.05, 4.69) is 15.3 Å². The summed E-state index contributed by atoms with van der Waals surface area (Å²) in [5.74, 6) is 0.00144. The highest BCUT2D eigenvalue weighted by Gasteiger charge is 2.17. The molecular formula is C7H9ClN4O3. The Morgan fingerprint density at radius 2 is 2.47 bits per heavy atom. The van der Waals surface area contributed by atoms with E-state index in [1.165, 1.54) is 0 Å². The number of hydrogen-bond donors (Lipinski definition) is 2. The molecule has 0 aliphatic rings. The van der Waals surface area contributed by atoms with Crippen molar-refractivity contribution in [2.24, 2.45) is 0 Å². The van der Waals surface area contributed by atoms with Crippen LogP contribution in [0.25, 0.3) is 0 Å². The number of aromatic nitrogens is 2. The first-order valence-electron chi connectivity index (χ1n) is 4.09. The molecule has 0 saturated heterocycles. The van der Waals surface area contributed by atoms with Gasteiger partial charge < -0.3 is 10.4 Å². The van der Waals surface area contributed by atoms with Crippen molar-refractivity contribution in [3.05, 3.63) is 21.6 Å². The van der Waals surface area contributed by atoms with E-state index in [-0.39, 0.29) is 29.4 Å². The van der Waals surface area contributed by atoms with Gasteiger partial charge in [-0.15, -0.1) is 0 Å². The second-order valence-corrected chi connectivity index (χ2v) is 3.20. The van der Waals surface area contributed by atoms with Gasteiger partial charge in [-0.3, -0.25) is 10.1 Å². The van der Waals surface area contributed by atoms with Gasteiger partial charge in [-0.05, 0) is 18.5 Å². The molecule has 0 spiro atoms. The van der Waals surface area contributed by atoms with Crippen molar-refractivity contribution in [1.82, 2.24) is 9.97 Å². The maximum Gasteiger partial charge on any atom is 0.329 e. The van der Waals surface area contributed by atoms with E-state index in [1.807, 2.05) is 0 Å². The molecule has 0 aliphatic heterocycles. The lowest BCUT2D eigenvalue weighted by atomic mass is 10.3. The van der Waals surface area contributed by atoms with E-state index >= 15 is 0 Å². The molecule has 1 aromatic heterocycles. The van der Waals surface area contributed by atoms with Crippen molar-refractivity contribution in [3.63, 3.8) is 0 Å². The third kappa shape index (κ3) is 3.00. The first kappa shape index (κ1) is 11.6. The molecule has 0 aromatic carbocycles. The van der Waals surface area contributed by atoms with Crippen molar-refractivity contribution in [2.75, 3.05) is 11.9 Å². The third-order valence-electron chi connectivity index (χ3n) is 1.59. The van der Waals surface area contributed by atoms with E-state index in [0.29, 0.717) is 0 Å². The van der Waals surface area contributed by atoms with Crippen molar-refractivity contribution in [1.29, 1.82) is 0 Å². The summed E-state index contributed by atoms with van der Waals surface area (Å²) < 4.78 is 0. The second-order valence-electron chi connectivity index (χ2n) is 2.86. The number of rotatable bonds is 4. The van der Waals surface area contributed by atoms with Crippen LogP contribution in [0.15, 0.2) is 6.20 Å². The van der Waals surface area contributed by atoms with Crippen LogP contribution in [0.1, 0.15) is 6.92 Å². The lowest BCUT2D eigenvalue weighted by molar-refractivity contribution is -0.384. The summed E-state index contributed by atoms with van der Waals surface area (Å²) in [5.41, 5.74) is -0.278. The first-order valence-corrected chi connectivity index (χ1v) is 4.46. The molecule has 8 heteroatoms. The Hall–Kier alpha value is -1.47. The summed E-state index contributed by atoms with van der Waals surface area (Å²) in [6, 6.07) is -0.352. The van der Waals surface area contributed by atoms with Crippen LogP contribution in [0.4, 0.5) is 11.5 Å².